The molecule has 0 bridgehead atoms. The second kappa shape index (κ2) is 7.22. The van der Waals surface area contributed by atoms with Crippen LogP contribution in [0.25, 0.3) is 5.65 Å². The van der Waals surface area contributed by atoms with Gasteiger partial charge in [-0.25, -0.2) is 9.37 Å². The molecule has 3 aromatic heterocycles. The molecule has 0 saturated heterocycles. The SMILES string of the molecule is Cc1cc2nccc(=O)n2nc1N1CCc2ncc(Oc3ccccc3F)cc2C1. The first kappa shape index (κ1) is 18.2. The van der Waals surface area contributed by atoms with Gasteiger partial charge in [0.15, 0.2) is 23.0 Å². The molecule has 1 aliphatic heterocycles. The predicted molar refractivity (Wildman–Crippen MR) is 109 cm³/mol. The number of para-hydroxylation sites is 1. The maximum absolute atomic E-state index is 13.9. The number of hydrogen-bond donors (Lipinski definition) is 0. The zero-order chi connectivity index (χ0) is 20.7. The Hall–Kier alpha value is -3.81. The van der Waals surface area contributed by atoms with E-state index in [-0.39, 0.29) is 11.3 Å². The third-order valence-electron chi connectivity index (χ3n) is 5.12. The van der Waals surface area contributed by atoms with Gasteiger partial charge in [-0.1, -0.05) is 12.1 Å². The minimum Gasteiger partial charge on any atom is -0.453 e. The number of benzene rings is 1. The van der Waals surface area contributed by atoms with Crippen LogP contribution in [0.2, 0.25) is 0 Å². The van der Waals surface area contributed by atoms with Gasteiger partial charge >= 0.3 is 0 Å². The fourth-order valence-electron chi connectivity index (χ4n) is 3.65. The first-order valence-electron chi connectivity index (χ1n) is 9.59. The second-order valence-electron chi connectivity index (χ2n) is 7.18. The van der Waals surface area contributed by atoms with E-state index in [1.54, 1.807) is 24.4 Å². The Morgan fingerprint density at radius 1 is 1.13 bits per heavy atom. The van der Waals surface area contributed by atoms with Gasteiger partial charge in [-0.3, -0.25) is 9.78 Å². The summed E-state index contributed by atoms with van der Waals surface area (Å²) in [4.78, 5) is 23.0. The van der Waals surface area contributed by atoms with E-state index in [2.05, 4.69) is 20.0 Å². The normalized spacial score (nSPS) is 13.3. The topological polar surface area (TPSA) is 72.6 Å². The summed E-state index contributed by atoms with van der Waals surface area (Å²) in [6.07, 6.45) is 3.83. The summed E-state index contributed by atoms with van der Waals surface area (Å²) in [5.74, 6) is 0.936. The number of fused-ring (bicyclic) bond motifs is 2. The molecule has 4 heterocycles. The van der Waals surface area contributed by atoms with Crippen LogP contribution in [0.3, 0.4) is 0 Å². The number of halogens is 1. The van der Waals surface area contributed by atoms with Crippen molar-refractivity contribution in [3.8, 4) is 11.5 Å². The van der Waals surface area contributed by atoms with Crippen LogP contribution in [0.4, 0.5) is 10.2 Å². The van der Waals surface area contributed by atoms with Gasteiger partial charge < -0.3 is 9.64 Å². The quantitative estimate of drug-likeness (QED) is 0.523. The number of aromatic nitrogens is 4. The van der Waals surface area contributed by atoms with Crippen LogP contribution < -0.4 is 15.2 Å². The molecule has 0 radical (unpaired) electrons. The number of pyridine rings is 1. The molecule has 7 nitrogen and oxygen atoms in total. The van der Waals surface area contributed by atoms with Crippen LogP contribution in [0.1, 0.15) is 16.8 Å². The van der Waals surface area contributed by atoms with Crippen molar-refractivity contribution in [2.75, 3.05) is 11.4 Å². The van der Waals surface area contributed by atoms with Gasteiger partial charge in [-0.05, 0) is 42.3 Å². The minimum atomic E-state index is -0.424. The van der Waals surface area contributed by atoms with Crippen LogP contribution in [0.15, 0.2) is 59.7 Å². The highest BCUT2D eigenvalue weighted by Gasteiger charge is 2.22. The number of nitrogens with zero attached hydrogens (tertiary/aromatic N) is 5. The largest absolute Gasteiger partial charge is 0.453 e. The van der Waals surface area contributed by atoms with E-state index in [0.717, 1.165) is 35.6 Å². The second-order valence-corrected chi connectivity index (χ2v) is 7.18. The smallest absolute Gasteiger partial charge is 0.274 e. The first-order chi connectivity index (χ1) is 14.6. The fraction of sp³-hybridized carbons (Fsp3) is 0.182. The van der Waals surface area contributed by atoms with Crippen molar-refractivity contribution in [2.45, 2.75) is 19.9 Å². The molecule has 0 atom stereocenters. The lowest BCUT2D eigenvalue weighted by Crippen LogP contribution is -2.33. The number of anilines is 1. The summed E-state index contributed by atoms with van der Waals surface area (Å²) in [6, 6.07) is 11.4. The molecule has 0 N–H and O–H groups in total. The molecule has 0 saturated carbocycles. The molecule has 4 aromatic rings. The highest BCUT2D eigenvalue weighted by atomic mass is 19.1. The van der Waals surface area contributed by atoms with E-state index in [4.69, 9.17) is 4.74 Å². The molecule has 0 unspecified atom stereocenters. The Morgan fingerprint density at radius 3 is 2.87 bits per heavy atom. The van der Waals surface area contributed by atoms with E-state index in [9.17, 15) is 9.18 Å². The summed E-state index contributed by atoms with van der Waals surface area (Å²) in [7, 11) is 0. The van der Waals surface area contributed by atoms with E-state index in [1.807, 2.05) is 19.1 Å². The zero-order valence-corrected chi connectivity index (χ0v) is 16.2. The van der Waals surface area contributed by atoms with Crippen molar-refractivity contribution >= 4 is 11.5 Å². The van der Waals surface area contributed by atoms with Crippen molar-refractivity contribution in [3.63, 3.8) is 0 Å². The standard InChI is InChI=1S/C22H18FN5O2/c1-14-10-20-24-8-6-21(29)28(20)26-22(14)27-9-7-18-15(13-27)11-16(12-25-18)30-19-5-3-2-4-17(19)23/h2-6,8,10-12H,7,9,13H2,1H3. The molecule has 150 valence electrons. The molecule has 5 rings (SSSR count). The summed E-state index contributed by atoms with van der Waals surface area (Å²) in [6.45, 7) is 3.24. The number of ether oxygens (including phenoxy) is 1. The molecule has 1 aliphatic rings. The molecular weight excluding hydrogens is 385 g/mol. The van der Waals surface area contributed by atoms with Gasteiger partial charge in [0.2, 0.25) is 0 Å². The molecule has 8 heteroatoms. The van der Waals surface area contributed by atoms with Gasteiger partial charge in [0.05, 0.1) is 6.20 Å². The summed E-state index contributed by atoms with van der Waals surface area (Å²) in [5, 5.41) is 4.54. The van der Waals surface area contributed by atoms with Crippen LogP contribution in [-0.2, 0) is 13.0 Å². The monoisotopic (exact) mass is 403 g/mol. The lowest BCUT2D eigenvalue weighted by molar-refractivity contribution is 0.439. The Balaban J connectivity index is 1.47. The average molecular weight is 403 g/mol. The highest BCUT2D eigenvalue weighted by molar-refractivity contribution is 5.54. The van der Waals surface area contributed by atoms with E-state index in [1.165, 1.54) is 22.8 Å². The van der Waals surface area contributed by atoms with Gasteiger partial charge in [-0.15, -0.1) is 5.10 Å². The average Bonchev–Trinajstić information content (AvgIpc) is 2.75. The van der Waals surface area contributed by atoms with Crippen LogP contribution >= 0.6 is 0 Å². The van der Waals surface area contributed by atoms with Crippen molar-refractivity contribution in [2.24, 2.45) is 0 Å². The molecule has 0 aliphatic carbocycles. The Bertz CT molecular complexity index is 1320. The first-order valence-corrected chi connectivity index (χ1v) is 9.59. The van der Waals surface area contributed by atoms with E-state index >= 15 is 0 Å². The van der Waals surface area contributed by atoms with Gasteiger partial charge in [-0.2, -0.15) is 4.52 Å². The van der Waals surface area contributed by atoms with Crippen molar-refractivity contribution < 1.29 is 9.13 Å². The van der Waals surface area contributed by atoms with Gasteiger partial charge in [0.1, 0.15) is 5.75 Å². The molecule has 30 heavy (non-hydrogen) atoms. The predicted octanol–water partition coefficient (Wildman–Crippen LogP) is 3.29. The maximum Gasteiger partial charge on any atom is 0.274 e. The highest BCUT2D eigenvalue weighted by Crippen LogP contribution is 2.29. The number of aryl methyl sites for hydroxylation is 1. The fourth-order valence-corrected chi connectivity index (χ4v) is 3.65. The zero-order valence-electron chi connectivity index (χ0n) is 16.2. The Morgan fingerprint density at radius 2 is 2.00 bits per heavy atom. The Kier molecular flexibility index (Phi) is 4.39. The lowest BCUT2D eigenvalue weighted by Gasteiger charge is -2.30. The molecule has 0 amide bonds. The van der Waals surface area contributed by atoms with E-state index < -0.39 is 5.82 Å². The van der Waals surface area contributed by atoms with Crippen LogP contribution in [0, 0.1) is 12.7 Å². The minimum absolute atomic E-state index is 0.158. The molecule has 1 aromatic carbocycles. The number of rotatable bonds is 3. The lowest BCUT2D eigenvalue weighted by atomic mass is 10.1. The van der Waals surface area contributed by atoms with Gasteiger partial charge in [0, 0.05) is 37.5 Å². The maximum atomic E-state index is 13.9. The molecule has 0 fully saturated rings. The summed E-state index contributed by atoms with van der Waals surface area (Å²) >= 11 is 0. The van der Waals surface area contributed by atoms with E-state index in [0.29, 0.717) is 17.9 Å². The van der Waals surface area contributed by atoms with Crippen LogP contribution in [0.5, 0.6) is 11.5 Å². The summed E-state index contributed by atoms with van der Waals surface area (Å²) in [5.41, 5.74) is 3.19. The van der Waals surface area contributed by atoms with Crippen molar-refractivity contribution in [1.29, 1.82) is 0 Å². The molecule has 0 spiro atoms. The van der Waals surface area contributed by atoms with Crippen molar-refractivity contribution in [1.82, 2.24) is 19.6 Å². The Labute approximate surface area is 171 Å². The van der Waals surface area contributed by atoms with Crippen molar-refractivity contribution in [3.05, 3.63) is 87.9 Å². The van der Waals surface area contributed by atoms with Crippen LogP contribution in [-0.4, -0.2) is 26.1 Å². The van der Waals surface area contributed by atoms with Gasteiger partial charge in [0.25, 0.3) is 5.56 Å². The third-order valence-corrected chi connectivity index (χ3v) is 5.12. The third kappa shape index (κ3) is 3.26. The number of hydrogen-bond acceptors (Lipinski definition) is 6. The summed E-state index contributed by atoms with van der Waals surface area (Å²) < 4.78 is 20.9. The molecular formula is C22H18FN5O2.